The Morgan fingerprint density at radius 1 is 1.00 bits per heavy atom. The number of fused-ring (bicyclic) bond motifs is 1. The monoisotopic (exact) mass is 383 g/mol. The third-order valence-electron chi connectivity index (χ3n) is 4.98. The summed E-state index contributed by atoms with van der Waals surface area (Å²) in [5, 5.41) is 5.88. The third-order valence-corrected chi connectivity index (χ3v) is 5.21. The Hall–Kier alpha value is -2.37. The van der Waals surface area contributed by atoms with Crippen LogP contribution in [-0.4, -0.2) is 29.3 Å². The summed E-state index contributed by atoms with van der Waals surface area (Å²) in [6.07, 6.45) is 8.30. The second-order valence-corrected chi connectivity index (χ2v) is 7.18. The molecule has 0 radical (unpaired) electrons. The molecule has 0 spiro atoms. The van der Waals surface area contributed by atoms with Crippen molar-refractivity contribution >= 4 is 33.9 Å². The van der Waals surface area contributed by atoms with Gasteiger partial charge in [-0.3, -0.25) is 0 Å². The van der Waals surface area contributed by atoms with Crippen LogP contribution < -0.4 is 10.1 Å². The zero-order valence-corrected chi connectivity index (χ0v) is 15.9. The molecule has 0 unspecified atom stereocenters. The van der Waals surface area contributed by atoms with E-state index in [1.807, 2.05) is 24.3 Å². The summed E-state index contributed by atoms with van der Waals surface area (Å²) in [6, 6.07) is 11.8. The summed E-state index contributed by atoms with van der Waals surface area (Å²) < 4.78 is 11.6. The Bertz CT molecular complexity index is 909. The van der Waals surface area contributed by atoms with Gasteiger partial charge in [0.15, 0.2) is 0 Å². The maximum Gasteiger partial charge on any atom is 0.138 e. The molecule has 0 amide bonds. The first-order valence-electron chi connectivity index (χ1n) is 9.18. The van der Waals surface area contributed by atoms with Gasteiger partial charge in [0, 0.05) is 18.7 Å². The lowest BCUT2D eigenvalue weighted by Crippen LogP contribution is -2.27. The van der Waals surface area contributed by atoms with Gasteiger partial charge in [-0.05, 0) is 67.5 Å². The normalized spacial score (nSPS) is 19.8. The van der Waals surface area contributed by atoms with Gasteiger partial charge in [-0.25, -0.2) is 9.97 Å². The summed E-state index contributed by atoms with van der Waals surface area (Å²) in [6.45, 7) is 0. The number of hydrogen-bond donors (Lipinski definition) is 1. The predicted molar refractivity (Wildman–Crippen MR) is 108 cm³/mol. The van der Waals surface area contributed by atoms with E-state index in [-0.39, 0.29) is 6.10 Å². The van der Waals surface area contributed by atoms with Crippen LogP contribution in [0.1, 0.15) is 25.7 Å². The van der Waals surface area contributed by atoms with E-state index in [0.717, 1.165) is 53.7 Å². The molecule has 0 atom stereocenters. The topological polar surface area (TPSA) is 56.3 Å². The highest BCUT2D eigenvalue weighted by Crippen LogP contribution is 2.30. The Morgan fingerprint density at radius 2 is 1.81 bits per heavy atom. The number of aromatic nitrogens is 2. The summed E-state index contributed by atoms with van der Waals surface area (Å²) in [4.78, 5) is 8.55. The maximum atomic E-state index is 6.21. The fourth-order valence-corrected chi connectivity index (χ4v) is 3.61. The summed E-state index contributed by atoms with van der Waals surface area (Å²) >= 11 is 5.85. The molecule has 3 aromatic rings. The lowest BCUT2D eigenvalue weighted by atomic mass is 9.95. The zero-order chi connectivity index (χ0) is 18.6. The van der Waals surface area contributed by atoms with Gasteiger partial charge >= 0.3 is 0 Å². The van der Waals surface area contributed by atoms with Crippen molar-refractivity contribution in [2.24, 2.45) is 0 Å². The second-order valence-electron chi connectivity index (χ2n) is 6.79. The zero-order valence-electron chi connectivity index (χ0n) is 15.2. The van der Waals surface area contributed by atoms with E-state index in [4.69, 9.17) is 21.1 Å². The minimum atomic E-state index is 0.258. The number of methoxy groups -OCH3 is 1. The van der Waals surface area contributed by atoms with Crippen molar-refractivity contribution in [1.82, 2.24) is 9.97 Å². The van der Waals surface area contributed by atoms with Gasteiger partial charge in [-0.15, -0.1) is 0 Å². The molecule has 0 saturated heterocycles. The number of nitrogens with one attached hydrogen (secondary N) is 1. The average Bonchev–Trinajstić information content (AvgIpc) is 2.70. The summed E-state index contributed by atoms with van der Waals surface area (Å²) in [5.74, 6) is 1.68. The molecular formula is C21H22ClN3O2. The van der Waals surface area contributed by atoms with Crippen molar-refractivity contribution in [2.75, 3.05) is 12.4 Å². The molecular weight excluding hydrogens is 362 g/mol. The molecule has 4 rings (SSSR count). The predicted octanol–water partition coefficient (Wildman–Crippen LogP) is 5.36. The molecule has 0 bridgehead atoms. The van der Waals surface area contributed by atoms with Gasteiger partial charge in [0.2, 0.25) is 0 Å². The third kappa shape index (κ3) is 4.31. The van der Waals surface area contributed by atoms with Gasteiger partial charge in [-0.1, -0.05) is 11.6 Å². The molecule has 1 aliphatic carbocycles. The van der Waals surface area contributed by atoms with E-state index in [0.29, 0.717) is 11.3 Å². The van der Waals surface area contributed by atoms with Crippen molar-refractivity contribution in [3.05, 3.63) is 53.9 Å². The molecule has 2 heterocycles. The highest BCUT2D eigenvalue weighted by Gasteiger charge is 2.22. The van der Waals surface area contributed by atoms with Crippen molar-refractivity contribution in [2.45, 2.75) is 37.9 Å². The van der Waals surface area contributed by atoms with Gasteiger partial charge in [0.05, 0.1) is 24.1 Å². The van der Waals surface area contributed by atoms with Crippen LogP contribution in [0.3, 0.4) is 0 Å². The highest BCUT2D eigenvalue weighted by molar-refractivity contribution is 6.29. The van der Waals surface area contributed by atoms with Crippen LogP contribution in [0.25, 0.3) is 10.8 Å². The van der Waals surface area contributed by atoms with Crippen LogP contribution in [0.4, 0.5) is 11.5 Å². The van der Waals surface area contributed by atoms with E-state index >= 15 is 0 Å². The van der Waals surface area contributed by atoms with Crippen molar-refractivity contribution in [1.29, 1.82) is 0 Å². The fourth-order valence-electron chi connectivity index (χ4n) is 3.49. The Morgan fingerprint density at radius 3 is 2.56 bits per heavy atom. The number of ether oxygens (including phenoxy) is 2. The van der Waals surface area contributed by atoms with Crippen LogP contribution >= 0.6 is 11.6 Å². The molecule has 5 nitrogen and oxygen atoms in total. The van der Waals surface area contributed by atoms with E-state index in [9.17, 15) is 0 Å². The van der Waals surface area contributed by atoms with E-state index in [2.05, 4.69) is 21.4 Å². The van der Waals surface area contributed by atoms with Crippen LogP contribution in [0, 0.1) is 0 Å². The molecule has 140 valence electrons. The standard InChI is InChI=1S/C21H22ClN3O2/c1-26-16-3-5-17(6-4-16)27-18-7-8-19-14(12-18)10-11-23-21(19)25-15-2-9-20(22)24-13-15/h2,7-13,16-17H,3-6H2,1H3,(H,23,25)/t16-,17-. The molecule has 27 heavy (non-hydrogen) atoms. The molecule has 1 N–H and O–H groups in total. The molecule has 1 saturated carbocycles. The smallest absolute Gasteiger partial charge is 0.138 e. The average molecular weight is 384 g/mol. The fraction of sp³-hybridized carbons (Fsp3) is 0.333. The van der Waals surface area contributed by atoms with Crippen LogP contribution in [-0.2, 0) is 4.74 Å². The number of pyridine rings is 2. The van der Waals surface area contributed by atoms with Gasteiger partial charge in [0.1, 0.15) is 16.7 Å². The number of halogens is 1. The number of rotatable bonds is 5. The number of hydrogen-bond acceptors (Lipinski definition) is 5. The minimum Gasteiger partial charge on any atom is -0.490 e. The summed E-state index contributed by atoms with van der Waals surface area (Å²) in [5.41, 5.74) is 0.842. The van der Waals surface area contributed by atoms with Crippen LogP contribution in [0.2, 0.25) is 5.15 Å². The first-order valence-corrected chi connectivity index (χ1v) is 9.56. The Kier molecular flexibility index (Phi) is 5.41. The van der Waals surface area contributed by atoms with Crippen LogP contribution in [0.15, 0.2) is 48.8 Å². The van der Waals surface area contributed by atoms with Gasteiger partial charge in [-0.2, -0.15) is 0 Å². The Balaban J connectivity index is 1.50. The van der Waals surface area contributed by atoms with E-state index < -0.39 is 0 Å². The largest absolute Gasteiger partial charge is 0.490 e. The quantitative estimate of drug-likeness (QED) is 0.601. The van der Waals surface area contributed by atoms with Crippen molar-refractivity contribution < 1.29 is 9.47 Å². The lowest BCUT2D eigenvalue weighted by molar-refractivity contribution is 0.0328. The molecule has 1 aromatic carbocycles. The van der Waals surface area contributed by atoms with Crippen molar-refractivity contribution in [3.63, 3.8) is 0 Å². The summed E-state index contributed by atoms with van der Waals surface area (Å²) in [7, 11) is 1.79. The van der Waals surface area contributed by atoms with E-state index in [1.54, 1.807) is 25.6 Å². The molecule has 2 aromatic heterocycles. The molecule has 0 aliphatic heterocycles. The maximum absolute atomic E-state index is 6.21. The second kappa shape index (κ2) is 8.11. The Labute approximate surface area is 163 Å². The number of benzene rings is 1. The first kappa shape index (κ1) is 18.0. The molecule has 6 heteroatoms. The number of anilines is 2. The SMILES string of the molecule is CO[C@H]1CC[C@H](Oc2ccc3c(Nc4ccc(Cl)nc4)nccc3c2)CC1. The molecule has 1 aliphatic rings. The van der Waals surface area contributed by atoms with Crippen LogP contribution in [0.5, 0.6) is 5.75 Å². The van der Waals surface area contributed by atoms with Gasteiger partial charge < -0.3 is 14.8 Å². The minimum absolute atomic E-state index is 0.258. The van der Waals surface area contributed by atoms with Gasteiger partial charge in [0.25, 0.3) is 0 Å². The lowest BCUT2D eigenvalue weighted by Gasteiger charge is -2.28. The van der Waals surface area contributed by atoms with E-state index in [1.165, 1.54) is 0 Å². The van der Waals surface area contributed by atoms with Crippen molar-refractivity contribution in [3.8, 4) is 5.75 Å². The number of nitrogens with zero attached hydrogens (tertiary/aromatic N) is 2. The highest BCUT2D eigenvalue weighted by atomic mass is 35.5. The first-order chi connectivity index (χ1) is 13.2. The molecule has 1 fully saturated rings.